The minimum absolute atomic E-state index is 0.244. The standard InChI is InChI=1S/C25H23ClN4O2/c1-15-29-22-19(26)11-18-12-20(24(31)28-14-17-7-5-16(13-27)6-8-17)32-23(18)21(22)25(30-15)9-3-2-4-10-25/h5-8,11-12,29-30H,1-4,9-10,14H2,(H,28,31). The zero-order chi connectivity index (χ0) is 22.3. The number of rotatable bonds is 3. The van der Waals surface area contributed by atoms with Crippen molar-refractivity contribution in [2.75, 3.05) is 5.32 Å². The smallest absolute Gasteiger partial charge is 0.287 e. The minimum atomic E-state index is -0.298. The average Bonchev–Trinajstić information content (AvgIpc) is 3.22. The van der Waals surface area contributed by atoms with E-state index < -0.39 is 0 Å². The van der Waals surface area contributed by atoms with E-state index in [-0.39, 0.29) is 17.2 Å². The van der Waals surface area contributed by atoms with Gasteiger partial charge in [0.05, 0.1) is 33.7 Å². The number of carbonyl (C=O) groups is 1. The highest BCUT2D eigenvalue weighted by atomic mass is 35.5. The Hall–Kier alpha value is -3.43. The van der Waals surface area contributed by atoms with Gasteiger partial charge in [-0.25, -0.2) is 0 Å². The minimum Gasteiger partial charge on any atom is -0.450 e. The summed E-state index contributed by atoms with van der Waals surface area (Å²) < 4.78 is 6.15. The zero-order valence-electron chi connectivity index (χ0n) is 17.6. The number of halogens is 1. The van der Waals surface area contributed by atoms with Crippen LogP contribution in [0.4, 0.5) is 5.69 Å². The number of hydrogen-bond acceptors (Lipinski definition) is 5. The number of nitrogens with zero attached hydrogens (tertiary/aromatic N) is 1. The molecule has 5 rings (SSSR count). The molecule has 7 heteroatoms. The monoisotopic (exact) mass is 446 g/mol. The molecule has 0 unspecified atom stereocenters. The lowest BCUT2D eigenvalue weighted by molar-refractivity contribution is 0.0925. The molecule has 1 aromatic heterocycles. The van der Waals surface area contributed by atoms with E-state index in [1.807, 2.05) is 18.2 Å². The van der Waals surface area contributed by atoms with Crippen LogP contribution < -0.4 is 16.0 Å². The molecular formula is C25H23ClN4O2. The number of hydrogen-bond donors (Lipinski definition) is 3. The van der Waals surface area contributed by atoms with Crippen LogP contribution in [-0.4, -0.2) is 5.91 Å². The number of anilines is 1. The quantitative estimate of drug-likeness (QED) is 0.491. The number of amides is 1. The van der Waals surface area contributed by atoms with E-state index in [1.54, 1.807) is 18.2 Å². The Morgan fingerprint density at radius 2 is 1.97 bits per heavy atom. The Labute approximate surface area is 191 Å². The van der Waals surface area contributed by atoms with Gasteiger partial charge in [-0.15, -0.1) is 0 Å². The van der Waals surface area contributed by atoms with Crippen LogP contribution in [0.2, 0.25) is 5.02 Å². The van der Waals surface area contributed by atoms with Gasteiger partial charge in [0.25, 0.3) is 5.91 Å². The van der Waals surface area contributed by atoms with Crippen molar-refractivity contribution in [3.05, 3.63) is 76.3 Å². The van der Waals surface area contributed by atoms with E-state index in [9.17, 15) is 4.79 Å². The second-order valence-corrected chi connectivity index (χ2v) is 8.91. The molecule has 2 aliphatic rings. The fourth-order valence-corrected chi connectivity index (χ4v) is 5.13. The van der Waals surface area contributed by atoms with Crippen LogP contribution in [0.5, 0.6) is 0 Å². The lowest BCUT2D eigenvalue weighted by Gasteiger charge is -2.44. The van der Waals surface area contributed by atoms with E-state index >= 15 is 0 Å². The average molecular weight is 447 g/mol. The summed E-state index contributed by atoms with van der Waals surface area (Å²) in [5.74, 6) is 0.676. The molecular weight excluding hydrogens is 424 g/mol. The number of furan rings is 1. The summed E-state index contributed by atoms with van der Waals surface area (Å²) >= 11 is 6.65. The van der Waals surface area contributed by atoms with Crippen molar-refractivity contribution in [1.82, 2.24) is 10.6 Å². The van der Waals surface area contributed by atoms with Gasteiger partial charge >= 0.3 is 0 Å². The molecule has 0 saturated heterocycles. The van der Waals surface area contributed by atoms with Gasteiger partial charge in [-0.2, -0.15) is 5.26 Å². The van der Waals surface area contributed by atoms with E-state index in [0.717, 1.165) is 53.7 Å². The van der Waals surface area contributed by atoms with Crippen LogP contribution in [0.3, 0.4) is 0 Å². The van der Waals surface area contributed by atoms with Crippen LogP contribution in [0.25, 0.3) is 11.0 Å². The SMILES string of the molecule is C=C1Nc2c(Cl)cc3cc(C(=O)NCc4ccc(C#N)cc4)oc3c2C2(CCCCC2)N1. The van der Waals surface area contributed by atoms with Gasteiger partial charge in [0.15, 0.2) is 5.76 Å². The molecule has 1 aliphatic heterocycles. The molecule has 3 N–H and O–H groups in total. The Morgan fingerprint density at radius 3 is 2.69 bits per heavy atom. The summed E-state index contributed by atoms with van der Waals surface area (Å²) in [6.07, 6.45) is 5.32. The van der Waals surface area contributed by atoms with Crippen LogP contribution in [-0.2, 0) is 12.1 Å². The van der Waals surface area contributed by atoms with Crippen LogP contribution in [0, 0.1) is 11.3 Å². The predicted octanol–water partition coefficient (Wildman–Crippen LogP) is 5.53. The predicted molar refractivity (Wildman–Crippen MR) is 124 cm³/mol. The molecule has 1 saturated carbocycles. The molecule has 1 spiro atoms. The Morgan fingerprint density at radius 1 is 1.22 bits per heavy atom. The third-order valence-electron chi connectivity index (χ3n) is 6.37. The highest BCUT2D eigenvalue weighted by Crippen LogP contribution is 2.49. The van der Waals surface area contributed by atoms with Gasteiger partial charge in [-0.3, -0.25) is 4.79 Å². The van der Waals surface area contributed by atoms with Gasteiger partial charge < -0.3 is 20.4 Å². The van der Waals surface area contributed by atoms with Gasteiger partial charge in [-0.05, 0) is 42.7 Å². The van der Waals surface area contributed by atoms with Crippen molar-refractivity contribution in [3.8, 4) is 6.07 Å². The second kappa shape index (κ2) is 7.92. The van der Waals surface area contributed by atoms with Crippen molar-refractivity contribution >= 4 is 34.2 Å². The molecule has 0 bridgehead atoms. The molecule has 2 aromatic carbocycles. The Kier molecular flexibility index (Phi) is 5.07. The number of carbonyl (C=O) groups excluding carboxylic acids is 1. The molecule has 32 heavy (non-hydrogen) atoms. The maximum absolute atomic E-state index is 12.8. The Balaban J connectivity index is 1.49. The lowest BCUT2D eigenvalue weighted by Crippen LogP contribution is -2.48. The van der Waals surface area contributed by atoms with Crippen LogP contribution >= 0.6 is 11.6 Å². The number of benzene rings is 2. The number of nitriles is 1. The fourth-order valence-electron chi connectivity index (χ4n) is 4.87. The lowest BCUT2D eigenvalue weighted by atomic mass is 9.74. The van der Waals surface area contributed by atoms with Crippen LogP contribution in [0.1, 0.15) is 59.3 Å². The molecule has 1 fully saturated rings. The third-order valence-corrected chi connectivity index (χ3v) is 6.67. The number of fused-ring (bicyclic) bond motifs is 4. The zero-order valence-corrected chi connectivity index (χ0v) is 18.3. The first kappa shape index (κ1) is 20.5. The second-order valence-electron chi connectivity index (χ2n) is 8.50. The van der Waals surface area contributed by atoms with Crippen molar-refractivity contribution < 1.29 is 9.21 Å². The van der Waals surface area contributed by atoms with Gasteiger partial charge in [-0.1, -0.05) is 49.6 Å². The molecule has 0 radical (unpaired) electrons. The molecule has 6 nitrogen and oxygen atoms in total. The van der Waals surface area contributed by atoms with E-state index in [4.69, 9.17) is 21.3 Å². The number of nitrogens with one attached hydrogen (secondary N) is 3. The molecule has 2 heterocycles. The first-order valence-corrected chi connectivity index (χ1v) is 11.1. The Bertz CT molecular complexity index is 1260. The van der Waals surface area contributed by atoms with E-state index in [1.165, 1.54) is 6.42 Å². The van der Waals surface area contributed by atoms with E-state index in [2.05, 4.69) is 28.6 Å². The first-order chi connectivity index (χ1) is 15.5. The maximum Gasteiger partial charge on any atom is 0.287 e. The molecule has 162 valence electrons. The summed E-state index contributed by atoms with van der Waals surface area (Å²) in [5.41, 5.74) is 3.67. The van der Waals surface area contributed by atoms with Crippen LogP contribution in [0.15, 0.2) is 53.2 Å². The van der Waals surface area contributed by atoms with Gasteiger partial charge in [0, 0.05) is 17.5 Å². The normalized spacial score (nSPS) is 16.7. The van der Waals surface area contributed by atoms with E-state index in [0.29, 0.717) is 22.7 Å². The topological polar surface area (TPSA) is 90.1 Å². The highest BCUT2D eigenvalue weighted by Gasteiger charge is 2.42. The third kappa shape index (κ3) is 3.49. The van der Waals surface area contributed by atoms with Gasteiger partial charge in [0.1, 0.15) is 5.58 Å². The van der Waals surface area contributed by atoms with Crippen molar-refractivity contribution in [2.45, 2.75) is 44.2 Å². The molecule has 0 atom stereocenters. The largest absolute Gasteiger partial charge is 0.450 e. The molecule has 1 aliphatic carbocycles. The van der Waals surface area contributed by atoms with Crippen molar-refractivity contribution in [2.24, 2.45) is 0 Å². The molecule has 3 aromatic rings. The van der Waals surface area contributed by atoms with Crippen molar-refractivity contribution in [1.29, 1.82) is 5.26 Å². The van der Waals surface area contributed by atoms with Crippen molar-refractivity contribution in [3.63, 3.8) is 0 Å². The maximum atomic E-state index is 12.8. The fraction of sp³-hybridized carbons (Fsp3) is 0.280. The summed E-state index contributed by atoms with van der Waals surface area (Å²) in [4.78, 5) is 12.8. The first-order valence-electron chi connectivity index (χ1n) is 10.8. The summed E-state index contributed by atoms with van der Waals surface area (Å²) in [5, 5.41) is 20.0. The summed E-state index contributed by atoms with van der Waals surface area (Å²) in [6.45, 7) is 4.43. The summed E-state index contributed by atoms with van der Waals surface area (Å²) in [6, 6.07) is 12.8. The van der Waals surface area contributed by atoms with Gasteiger partial charge in [0.2, 0.25) is 0 Å². The summed E-state index contributed by atoms with van der Waals surface area (Å²) in [7, 11) is 0. The highest BCUT2D eigenvalue weighted by molar-refractivity contribution is 6.34. The molecule has 1 amide bonds.